The van der Waals surface area contributed by atoms with Crippen LogP contribution in [0.5, 0.6) is 0 Å². The molecule has 5 heteroatoms. The van der Waals surface area contributed by atoms with Crippen molar-refractivity contribution in [2.75, 3.05) is 31.6 Å². The molecular formula is C16H21N3O2. The van der Waals surface area contributed by atoms with E-state index in [0.717, 1.165) is 25.3 Å². The van der Waals surface area contributed by atoms with Gasteiger partial charge in [-0.1, -0.05) is 13.8 Å². The Balaban J connectivity index is 1.88. The maximum atomic E-state index is 12.1. The van der Waals surface area contributed by atoms with E-state index in [1.54, 1.807) is 6.07 Å². The van der Waals surface area contributed by atoms with Crippen molar-refractivity contribution in [3.05, 3.63) is 29.3 Å². The average Bonchev–Trinajstić information content (AvgIpc) is 2.72. The lowest BCUT2D eigenvalue weighted by Crippen LogP contribution is -2.53. The van der Waals surface area contributed by atoms with Gasteiger partial charge in [0.1, 0.15) is 0 Å². The van der Waals surface area contributed by atoms with E-state index in [9.17, 15) is 9.59 Å². The summed E-state index contributed by atoms with van der Waals surface area (Å²) in [6.45, 7) is 7.20. The Morgan fingerprint density at radius 2 is 1.90 bits per heavy atom. The zero-order valence-corrected chi connectivity index (χ0v) is 12.7. The highest BCUT2D eigenvalue weighted by molar-refractivity contribution is 6.21. The van der Waals surface area contributed by atoms with Gasteiger partial charge >= 0.3 is 0 Å². The lowest BCUT2D eigenvalue weighted by molar-refractivity contribution is 0.0693. The van der Waals surface area contributed by atoms with Crippen LogP contribution in [0.1, 0.15) is 34.6 Å². The van der Waals surface area contributed by atoms with Crippen molar-refractivity contribution in [1.82, 2.24) is 10.2 Å². The zero-order valence-electron chi connectivity index (χ0n) is 12.7. The van der Waals surface area contributed by atoms with E-state index in [4.69, 9.17) is 0 Å². The van der Waals surface area contributed by atoms with Gasteiger partial charge in [-0.25, -0.2) is 0 Å². The molecule has 1 aromatic rings. The van der Waals surface area contributed by atoms with Crippen LogP contribution in [0, 0.1) is 5.92 Å². The molecule has 1 N–H and O–H groups in total. The number of piperazine rings is 1. The number of fused-ring (bicyclic) bond motifs is 1. The molecule has 5 nitrogen and oxygen atoms in total. The van der Waals surface area contributed by atoms with Crippen molar-refractivity contribution in [3.8, 4) is 0 Å². The summed E-state index contributed by atoms with van der Waals surface area (Å²) in [6.07, 6.45) is 0. The molecule has 0 aromatic heterocycles. The number of nitrogens with zero attached hydrogens (tertiary/aromatic N) is 2. The minimum Gasteiger partial charge on any atom is -0.369 e. The van der Waals surface area contributed by atoms with Gasteiger partial charge in [0, 0.05) is 38.4 Å². The summed E-state index contributed by atoms with van der Waals surface area (Å²) in [5, 5.41) is 3.52. The van der Waals surface area contributed by atoms with Gasteiger partial charge in [-0.3, -0.25) is 14.5 Å². The van der Waals surface area contributed by atoms with Crippen LogP contribution >= 0.6 is 0 Å². The van der Waals surface area contributed by atoms with Crippen molar-refractivity contribution in [3.63, 3.8) is 0 Å². The fourth-order valence-corrected chi connectivity index (χ4v) is 3.01. The van der Waals surface area contributed by atoms with E-state index >= 15 is 0 Å². The molecular weight excluding hydrogens is 266 g/mol. The molecule has 112 valence electrons. The molecule has 2 amide bonds. The maximum absolute atomic E-state index is 12.1. The van der Waals surface area contributed by atoms with E-state index in [1.807, 2.05) is 12.1 Å². The number of imide groups is 1. The molecule has 1 saturated heterocycles. The van der Waals surface area contributed by atoms with Gasteiger partial charge < -0.3 is 10.2 Å². The summed E-state index contributed by atoms with van der Waals surface area (Å²) in [4.78, 5) is 27.5. The molecule has 1 aromatic carbocycles. The van der Waals surface area contributed by atoms with Gasteiger partial charge in [0.2, 0.25) is 0 Å². The van der Waals surface area contributed by atoms with Crippen molar-refractivity contribution in [2.24, 2.45) is 5.92 Å². The summed E-state index contributed by atoms with van der Waals surface area (Å²) in [5.74, 6) is 0.158. The minimum atomic E-state index is -0.207. The predicted octanol–water partition coefficient (Wildman–Crippen LogP) is 1.35. The van der Waals surface area contributed by atoms with Crippen LogP contribution < -0.4 is 10.2 Å². The second kappa shape index (κ2) is 5.15. The normalized spacial score (nSPS) is 22.2. The summed E-state index contributed by atoms with van der Waals surface area (Å²) in [5.41, 5.74) is 2.07. The molecule has 0 saturated carbocycles. The molecule has 1 unspecified atom stereocenters. The molecule has 2 heterocycles. The van der Waals surface area contributed by atoms with Crippen LogP contribution in [0.4, 0.5) is 5.69 Å². The monoisotopic (exact) mass is 287 g/mol. The van der Waals surface area contributed by atoms with E-state index < -0.39 is 0 Å². The third kappa shape index (κ3) is 2.31. The molecule has 3 rings (SSSR count). The van der Waals surface area contributed by atoms with Crippen LogP contribution in [-0.2, 0) is 0 Å². The van der Waals surface area contributed by atoms with Crippen LogP contribution in [0.15, 0.2) is 18.2 Å². The van der Waals surface area contributed by atoms with Gasteiger partial charge in [0.15, 0.2) is 0 Å². The first-order chi connectivity index (χ1) is 9.99. The number of benzene rings is 1. The Morgan fingerprint density at radius 1 is 1.19 bits per heavy atom. The van der Waals surface area contributed by atoms with Gasteiger partial charge in [-0.2, -0.15) is 0 Å². The quantitative estimate of drug-likeness (QED) is 0.834. The average molecular weight is 287 g/mol. The Bertz CT molecular complexity index is 597. The first kappa shape index (κ1) is 14.1. The van der Waals surface area contributed by atoms with Gasteiger partial charge in [-0.15, -0.1) is 0 Å². The third-order valence-corrected chi connectivity index (χ3v) is 4.45. The van der Waals surface area contributed by atoms with Crippen molar-refractivity contribution in [1.29, 1.82) is 0 Å². The van der Waals surface area contributed by atoms with E-state index in [2.05, 4.69) is 24.1 Å². The van der Waals surface area contributed by atoms with Crippen LogP contribution in [0.25, 0.3) is 0 Å². The first-order valence-electron chi connectivity index (χ1n) is 7.44. The SMILES string of the molecule is CC(C)C1CN(c2ccc3c(c2)C(=O)N(C)C3=O)CCN1. The Hall–Kier alpha value is -1.88. The van der Waals surface area contributed by atoms with E-state index in [-0.39, 0.29) is 11.8 Å². The molecule has 1 fully saturated rings. The molecule has 0 aliphatic carbocycles. The number of anilines is 1. The molecule has 21 heavy (non-hydrogen) atoms. The summed E-state index contributed by atoms with van der Waals surface area (Å²) in [7, 11) is 1.53. The van der Waals surface area contributed by atoms with Crippen molar-refractivity contribution < 1.29 is 9.59 Å². The molecule has 0 bridgehead atoms. The fourth-order valence-electron chi connectivity index (χ4n) is 3.01. The van der Waals surface area contributed by atoms with Crippen LogP contribution in [0.3, 0.4) is 0 Å². The van der Waals surface area contributed by atoms with Gasteiger partial charge in [-0.05, 0) is 24.1 Å². The van der Waals surface area contributed by atoms with E-state index in [1.165, 1.54) is 11.9 Å². The lowest BCUT2D eigenvalue weighted by atomic mass is 10.0. The molecule has 2 aliphatic heterocycles. The smallest absolute Gasteiger partial charge is 0.261 e. The number of hydrogen-bond donors (Lipinski definition) is 1. The Morgan fingerprint density at radius 3 is 2.62 bits per heavy atom. The van der Waals surface area contributed by atoms with E-state index in [0.29, 0.717) is 23.1 Å². The number of carbonyl (C=O) groups excluding carboxylic acids is 2. The molecule has 0 spiro atoms. The third-order valence-electron chi connectivity index (χ3n) is 4.45. The van der Waals surface area contributed by atoms with Crippen LogP contribution in [-0.4, -0.2) is 49.4 Å². The number of amides is 2. The highest BCUT2D eigenvalue weighted by Crippen LogP contribution is 2.27. The fraction of sp³-hybridized carbons (Fsp3) is 0.500. The molecule has 0 radical (unpaired) electrons. The summed E-state index contributed by atoms with van der Waals surface area (Å²) >= 11 is 0. The summed E-state index contributed by atoms with van der Waals surface area (Å²) in [6, 6.07) is 6.04. The maximum Gasteiger partial charge on any atom is 0.261 e. The molecule has 2 aliphatic rings. The second-order valence-electron chi connectivity index (χ2n) is 6.15. The Kier molecular flexibility index (Phi) is 3.45. The topological polar surface area (TPSA) is 52.7 Å². The van der Waals surface area contributed by atoms with Gasteiger partial charge in [0.25, 0.3) is 11.8 Å². The Labute approximate surface area is 124 Å². The number of hydrogen-bond acceptors (Lipinski definition) is 4. The predicted molar refractivity (Wildman–Crippen MR) is 81.7 cm³/mol. The number of carbonyl (C=O) groups is 2. The first-order valence-corrected chi connectivity index (χ1v) is 7.44. The molecule has 1 atom stereocenters. The highest BCUT2D eigenvalue weighted by atomic mass is 16.2. The van der Waals surface area contributed by atoms with Crippen molar-refractivity contribution in [2.45, 2.75) is 19.9 Å². The lowest BCUT2D eigenvalue weighted by Gasteiger charge is -2.37. The van der Waals surface area contributed by atoms with Crippen molar-refractivity contribution >= 4 is 17.5 Å². The van der Waals surface area contributed by atoms with Gasteiger partial charge in [0.05, 0.1) is 11.1 Å². The number of rotatable bonds is 2. The van der Waals surface area contributed by atoms with Crippen LogP contribution in [0.2, 0.25) is 0 Å². The second-order valence-corrected chi connectivity index (χ2v) is 6.15. The highest BCUT2D eigenvalue weighted by Gasteiger charge is 2.33. The number of nitrogens with one attached hydrogen (secondary N) is 1. The summed E-state index contributed by atoms with van der Waals surface area (Å²) < 4.78 is 0. The standard InChI is InChI=1S/C16H21N3O2/c1-10(2)14-9-19(7-6-17-14)11-4-5-12-13(8-11)16(21)18(3)15(12)20/h4-5,8,10,14,17H,6-7,9H2,1-3H3. The largest absolute Gasteiger partial charge is 0.369 e. The zero-order chi connectivity index (χ0) is 15.1. The minimum absolute atomic E-state index is 0.201.